The van der Waals surface area contributed by atoms with Crippen LogP contribution in [-0.2, 0) is 32.2 Å². The number of hydrogen-bond donors (Lipinski definition) is 4. The maximum Gasteiger partial charge on any atom is 0.240 e. The van der Waals surface area contributed by atoms with E-state index in [1.54, 1.807) is 15.9 Å². The summed E-state index contributed by atoms with van der Waals surface area (Å²) in [6.07, 6.45) is -4.75. The zero-order valence-corrected chi connectivity index (χ0v) is 25.5. The van der Waals surface area contributed by atoms with Crippen molar-refractivity contribution in [2.24, 2.45) is 0 Å². The fourth-order valence-corrected chi connectivity index (χ4v) is 6.92. The van der Waals surface area contributed by atoms with E-state index >= 15 is 0 Å². The Balaban J connectivity index is 1.28. The van der Waals surface area contributed by atoms with Gasteiger partial charge in [-0.1, -0.05) is 23.7 Å². The lowest BCUT2D eigenvalue weighted by Gasteiger charge is -2.42. The summed E-state index contributed by atoms with van der Waals surface area (Å²) in [4.78, 5) is 45.9. The molecule has 4 aliphatic heterocycles. The van der Waals surface area contributed by atoms with Crippen molar-refractivity contribution < 1.29 is 42.5 Å². The Morgan fingerprint density at radius 3 is 2.28 bits per heavy atom. The number of likely N-dealkylation sites (tertiary alicyclic amines) is 1. The van der Waals surface area contributed by atoms with Crippen LogP contribution in [0.5, 0.6) is 0 Å². The highest BCUT2D eigenvalue weighted by Gasteiger charge is 2.46. The van der Waals surface area contributed by atoms with Gasteiger partial charge in [0.15, 0.2) is 11.6 Å². The van der Waals surface area contributed by atoms with Crippen molar-refractivity contribution in [2.45, 2.75) is 68.5 Å². The number of benzene rings is 2. The molecule has 0 aliphatic carbocycles. The van der Waals surface area contributed by atoms with Gasteiger partial charge in [-0.3, -0.25) is 24.2 Å². The van der Waals surface area contributed by atoms with Crippen LogP contribution in [-0.4, -0.2) is 118 Å². The Labute approximate surface area is 268 Å². The van der Waals surface area contributed by atoms with E-state index < -0.39 is 71.8 Å². The largest absolute Gasteiger partial charge is 0.388 e. The number of nitrogens with zero attached hydrogens (tertiary/aromatic N) is 3. The predicted molar refractivity (Wildman–Crippen MR) is 158 cm³/mol. The van der Waals surface area contributed by atoms with Crippen molar-refractivity contribution in [1.82, 2.24) is 25.3 Å². The average molecular weight is 666 g/mol. The number of hydrogen-bond acceptors (Lipinski definition) is 8. The van der Waals surface area contributed by atoms with Crippen LogP contribution < -0.4 is 10.6 Å². The van der Waals surface area contributed by atoms with Crippen molar-refractivity contribution in [1.29, 1.82) is 0 Å². The number of ether oxygens (including phenoxy) is 1. The Morgan fingerprint density at radius 2 is 1.54 bits per heavy atom. The summed E-state index contributed by atoms with van der Waals surface area (Å²) >= 11 is 5.87. The van der Waals surface area contributed by atoms with Crippen molar-refractivity contribution in [3.8, 4) is 0 Å². The third-order valence-corrected chi connectivity index (χ3v) is 9.53. The topological polar surface area (TPSA) is 135 Å². The van der Waals surface area contributed by atoms with E-state index in [1.165, 1.54) is 18.2 Å². The van der Waals surface area contributed by atoms with Gasteiger partial charge in [0.2, 0.25) is 17.7 Å². The van der Waals surface area contributed by atoms with Crippen molar-refractivity contribution >= 4 is 29.3 Å². The molecule has 46 heavy (non-hydrogen) atoms. The van der Waals surface area contributed by atoms with Crippen molar-refractivity contribution in [3.63, 3.8) is 0 Å². The molecular formula is C31H35ClF3N5O6. The number of carbonyl (C=O) groups excluding carboxylic acids is 3. The van der Waals surface area contributed by atoms with Crippen LogP contribution >= 0.6 is 11.6 Å². The molecule has 6 rings (SSSR count). The van der Waals surface area contributed by atoms with Crippen LogP contribution in [0, 0.1) is 17.5 Å². The molecule has 0 radical (unpaired) electrons. The SMILES string of the molecule is O=C1C[C@@H]2O[C@H](CNC(=O)[C@@H]3CN(CCN3Cc3ccc(F)c(F)c3)C(=O)[C@@H]3C[C@@H](CN3Cc3ccc(Cl)c(F)c3)N1)[C@@H](O)[C@H]2O. The Morgan fingerprint density at radius 1 is 0.848 bits per heavy atom. The molecule has 0 aromatic heterocycles. The summed E-state index contributed by atoms with van der Waals surface area (Å²) in [6, 6.07) is 5.83. The minimum atomic E-state index is -1.37. The second-order valence-electron chi connectivity index (χ2n) is 12.4. The number of rotatable bonds is 4. The molecule has 0 saturated carbocycles. The van der Waals surface area contributed by atoms with E-state index in [-0.39, 0.29) is 69.6 Å². The van der Waals surface area contributed by atoms with Gasteiger partial charge in [0, 0.05) is 51.9 Å². The molecule has 2 aromatic rings. The smallest absolute Gasteiger partial charge is 0.240 e. The van der Waals surface area contributed by atoms with Gasteiger partial charge < -0.3 is 30.5 Å². The summed E-state index contributed by atoms with van der Waals surface area (Å²) in [5.74, 6) is -3.80. The van der Waals surface area contributed by atoms with E-state index in [4.69, 9.17) is 16.3 Å². The van der Waals surface area contributed by atoms with Crippen LogP contribution in [0.25, 0.3) is 0 Å². The van der Waals surface area contributed by atoms with Crippen LogP contribution in [0.2, 0.25) is 5.02 Å². The molecule has 3 amide bonds. The number of fused-ring (bicyclic) bond motifs is 6. The number of carbonyl (C=O) groups is 3. The van der Waals surface area contributed by atoms with Crippen LogP contribution in [0.1, 0.15) is 24.0 Å². The van der Waals surface area contributed by atoms with Gasteiger partial charge in [0.1, 0.15) is 30.2 Å². The third-order valence-electron chi connectivity index (χ3n) is 9.22. The minimum Gasteiger partial charge on any atom is -0.388 e. The van der Waals surface area contributed by atoms with E-state index in [0.717, 1.165) is 12.1 Å². The maximum absolute atomic E-state index is 14.3. The molecule has 4 saturated heterocycles. The molecule has 7 atom stereocenters. The van der Waals surface area contributed by atoms with Gasteiger partial charge in [-0.15, -0.1) is 0 Å². The Bertz CT molecular complexity index is 1500. The molecule has 6 bridgehead atoms. The fraction of sp³-hybridized carbons (Fsp3) is 0.516. The number of aliphatic hydroxyl groups is 2. The highest BCUT2D eigenvalue weighted by molar-refractivity contribution is 6.30. The third kappa shape index (κ3) is 6.87. The molecule has 0 unspecified atom stereocenters. The summed E-state index contributed by atoms with van der Waals surface area (Å²) in [6.45, 7) is 0.844. The molecule has 15 heteroatoms. The van der Waals surface area contributed by atoms with Crippen LogP contribution in [0.3, 0.4) is 0 Å². The first-order chi connectivity index (χ1) is 22.0. The first kappa shape index (κ1) is 32.7. The normalized spacial score (nSPS) is 31.2. The first-order valence-electron chi connectivity index (χ1n) is 15.2. The number of aliphatic hydroxyl groups excluding tert-OH is 2. The van der Waals surface area contributed by atoms with E-state index in [1.807, 2.05) is 4.90 Å². The minimum absolute atomic E-state index is 0.0232. The second kappa shape index (κ2) is 13.5. The Hall–Kier alpha value is -3.27. The van der Waals surface area contributed by atoms with Crippen LogP contribution in [0.15, 0.2) is 36.4 Å². The summed E-state index contributed by atoms with van der Waals surface area (Å²) in [7, 11) is 0. The average Bonchev–Trinajstić information content (AvgIpc) is 3.53. The molecule has 0 spiro atoms. The van der Waals surface area contributed by atoms with Crippen molar-refractivity contribution in [2.75, 3.05) is 32.7 Å². The highest BCUT2D eigenvalue weighted by atomic mass is 35.5. The maximum atomic E-state index is 14.3. The van der Waals surface area contributed by atoms with Gasteiger partial charge in [-0.25, -0.2) is 13.2 Å². The molecule has 4 heterocycles. The fourth-order valence-electron chi connectivity index (χ4n) is 6.81. The van der Waals surface area contributed by atoms with Gasteiger partial charge in [0.05, 0.1) is 23.6 Å². The number of piperazine rings is 1. The summed E-state index contributed by atoms with van der Waals surface area (Å²) < 4.78 is 47.7. The zero-order chi connectivity index (χ0) is 32.7. The summed E-state index contributed by atoms with van der Waals surface area (Å²) in [5, 5.41) is 26.8. The Kier molecular flexibility index (Phi) is 9.55. The monoisotopic (exact) mass is 665 g/mol. The van der Waals surface area contributed by atoms with Crippen LogP contribution in [0.4, 0.5) is 13.2 Å². The van der Waals surface area contributed by atoms with Gasteiger partial charge >= 0.3 is 0 Å². The molecule has 2 aromatic carbocycles. The zero-order valence-electron chi connectivity index (χ0n) is 24.8. The summed E-state index contributed by atoms with van der Waals surface area (Å²) in [5.41, 5.74) is 1.02. The number of halogens is 4. The van der Waals surface area contributed by atoms with E-state index in [9.17, 15) is 37.8 Å². The van der Waals surface area contributed by atoms with E-state index in [2.05, 4.69) is 10.6 Å². The molecule has 4 fully saturated rings. The lowest BCUT2D eigenvalue weighted by atomic mass is 10.0. The molecule has 11 nitrogen and oxygen atoms in total. The number of nitrogens with one attached hydrogen (secondary N) is 2. The number of amides is 3. The highest BCUT2D eigenvalue weighted by Crippen LogP contribution is 2.28. The van der Waals surface area contributed by atoms with Gasteiger partial charge in [-0.05, 0) is 41.8 Å². The van der Waals surface area contributed by atoms with Gasteiger partial charge in [-0.2, -0.15) is 0 Å². The predicted octanol–water partition coefficient (Wildman–Crippen LogP) is 0.539. The first-order valence-corrected chi connectivity index (χ1v) is 15.6. The van der Waals surface area contributed by atoms with Gasteiger partial charge in [0.25, 0.3) is 0 Å². The lowest BCUT2D eigenvalue weighted by molar-refractivity contribution is -0.142. The second-order valence-corrected chi connectivity index (χ2v) is 12.8. The molecule has 248 valence electrons. The molecule has 4 N–H and O–H groups in total. The van der Waals surface area contributed by atoms with Crippen molar-refractivity contribution in [3.05, 3.63) is 70.0 Å². The standard InChI is InChI=1S/C31H35ClF3N5O6/c32-19-3-1-16(7-21(19)34)13-40-14-18-9-23(40)31(45)39-6-5-38(12-17-2-4-20(33)22(35)8-17)24(15-39)30(44)36-11-26-29(43)28(42)25(46-26)10-27(41)37-18/h1-4,7-8,18,23-26,28-29,42-43H,5-6,9-15H2,(H,36,44)(H,37,41)/t18-,23-,24-,25-,26+,28-,29+/m0/s1. The van der Waals surface area contributed by atoms with E-state index in [0.29, 0.717) is 11.1 Å². The molecular weight excluding hydrogens is 631 g/mol. The lowest BCUT2D eigenvalue weighted by Crippen LogP contribution is -2.62. The quantitative estimate of drug-likeness (QED) is 0.372. The molecule has 4 aliphatic rings.